The molecule has 3 rings (SSSR count). The third kappa shape index (κ3) is 1.10. The molecular weight excluding hydrogens is 196 g/mol. The number of rotatable bonds is 1. The fourth-order valence-corrected chi connectivity index (χ4v) is 2.01. The summed E-state index contributed by atoms with van der Waals surface area (Å²) in [5, 5.41) is 3.09. The first kappa shape index (κ1) is 8.58. The molecule has 6 nitrogen and oxygen atoms in total. The van der Waals surface area contributed by atoms with E-state index < -0.39 is 0 Å². The molecule has 0 radical (unpaired) electrons. The van der Waals surface area contributed by atoms with E-state index in [1.165, 1.54) is 4.57 Å². The number of anilines is 2. The van der Waals surface area contributed by atoms with Crippen molar-refractivity contribution < 1.29 is 0 Å². The lowest BCUT2D eigenvalue weighted by Crippen LogP contribution is -2.33. The molecule has 2 aliphatic rings. The van der Waals surface area contributed by atoms with Gasteiger partial charge in [0.25, 0.3) is 5.56 Å². The maximum atomic E-state index is 11.7. The van der Waals surface area contributed by atoms with E-state index in [4.69, 9.17) is 0 Å². The molecule has 0 aromatic carbocycles. The number of H-pyrrole nitrogens is 1. The molecule has 1 aromatic heterocycles. The fraction of sp³-hybridized carbons (Fsp3) is 0.556. The Morgan fingerprint density at radius 1 is 1.33 bits per heavy atom. The van der Waals surface area contributed by atoms with Crippen LogP contribution in [0, 0.1) is 0 Å². The van der Waals surface area contributed by atoms with E-state index in [0.717, 1.165) is 12.8 Å². The van der Waals surface area contributed by atoms with Crippen LogP contribution in [0.3, 0.4) is 0 Å². The zero-order chi connectivity index (χ0) is 10.6. The van der Waals surface area contributed by atoms with Crippen LogP contribution < -0.4 is 21.5 Å². The van der Waals surface area contributed by atoms with Crippen LogP contribution in [-0.4, -0.2) is 22.3 Å². The van der Waals surface area contributed by atoms with Gasteiger partial charge in [0.15, 0.2) is 0 Å². The Hall–Kier alpha value is -1.72. The number of nitrogens with one attached hydrogen (secondary N) is 2. The number of aromatic nitrogens is 2. The number of nitrogens with zero attached hydrogens (tertiary/aromatic N) is 2. The highest BCUT2D eigenvalue weighted by Gasteiger charge is 2.36. The van der Waals surface area contributed by atoms with Crippen LogP contribution in [0.4, 0.5) is 11.5 Å². The summed E-state index contributed by atoms with van der Waals surface area (Å²) in [5.41, 5.74) is -0.0477. The lowest BCUT2D eigenvalue weighted by atomic mass is 10.4. The monoisotopic (exact) mass is 208 g/mol. The van der Waals surface area contributed by atoms with Gasteiger partial charge in [0, 0.05) is 13.1 Å². The largest absolute Gasteiger partial charge is 0.352 e. The molecule has 15 heavy (non-hydrogen) atoms. The van der Waals surface area contributed by atoms with E-state index in [2.05, 4.69) is 10.3 Å². The predicted molar refractivity (Wildman–Crippen MR) is 56.3 cm³/mol. The van der Waals surface area contributed by atoms with Crippen LogP contribution in [0.2, 0.25) is 0 Å². The summed E-state index contributed by atoms with van der Waals surface area (Å²) in [4.78, 5) is 27.4. The summed E-state index contributed by atoms with van der Waals surface area (Å²) >= 11 is 0. The summed E-state index contributed by atoms with van der Waals surface area (Å²) in [6.07, 6.45) is 2.26. The normalized spacial score (nSPS) is 18.9. The minimum absolute atomic E-state index is 0.287. The first-order valence-electron chi connectivity index (χ1n) is 5.02. The molecule has 80 valence electrons. The molecule has 2 heterocycles. The molecule has 1 aliphatic carbocycles. The first-order chi connectivity index (χ1) is 7.18. The van der Waals surface area contributed by atoms with Crippen molar-refractivity contribution >= 4 is 11.5 Å². The van der Waals surface area contributed by atoms with Crippen molar-refractivity contribution in [3.05, 3.63) is 20.8 Å². The standard InChI is InChI=1S/C9H12N4O2/c1-12-7-6(8(14)11-9(12)15)13(4-10-7)5-2-3-5/h5,10H,2-4H2,1H3,(H,11,14,15). The van der Waals surface area contributed by atoms with Crippen LogP contribution in [0.1, 0.15) is 12.8 Å². The molecule has 1 saturated carbocycles. The quantitative estimate of drug-likeness (QED) is 0.648. The van der Waals surface area contributed by atoms with Gasteiger partial charge < -0.3 is 10.2 Å². The second-order valence-corrected chi connectivity index (χ2v) is 4.05. The highest BCUT2D eigenvalue weighted by atomic mass is 16.2. The number of hydrogen-bond donors (Lipinski definition) is 2. The van der Waals surface area contributed by atoms with Gasteiger partial charge in [-0.25, -0.2) is 4.79 Å². The fourth-order valence-electron chi connectivity index (χ4n) is 2.01. The van der Waals surface area contributed by atoms with E-state index in [1.54, 1.807) is 7.05 Å². The maximum absolute atomic E-state index is 11.7. The topological polar surface area (TPSA) is 70.1 Å². The highest BCUT2D eigenvalue weighted by Crippen LogP contribution is 2.35. The Morgan fingerprint density at radius 2 is 2.07 bits per heavy atom. The Kier molecular flexibility index (Phi) is 1.52. The third-order valence-corrected chi connectivity index (χ3v) is 2.99. The molecule has 0 saturated heterocycles. The molecule has 0 bridgehead atoms. The van der Waals surface area contributed by atoms with Crippen LogP contribution in [-0.2, 0) is 7.05 Å². The van der Waals surface area contributed by atoms with Gasteiger partial charge in [0.05, 0.1) is 6.67 Å². The van der Waals surface area contributed by atoms with Crippen molar-refractivity contribution in [3.63, 3.8) is 0 Å². The zero-order valence-corrected chi connectivity index (χ0v) is 8.41. The average Bonchev–Trinajstić information content (AvgIpc) is 2.94. The second kappa shape index (κ2) is 2.65. The van der Waals surface area contributed by atoms with Gasteiger partial charge in [-0.15, -0.1) is 0 Å². The lowest BCUT2D eigenvalue weighted by molar-refractivity contribution is 0.811. The van der Waals surface area contributed by atoms with E-state index in [-0.39, 0.29) is 11.2 Å². The van der Waals surface area contributed by atoms with Gasteiger partial charge in [0.2, 0.25) is 0 Å². The molecule has 0 spiro atoms. The Labute approximate surface area is 85.5 Å². The molecule has 2 N–H and O–H groups in total. The second-order valence-electron chi connectivity index (χ2n) is 4.05. The molecule has 6 heteroatoms. The van der Waals surface area contributed by atoms with E-state index >= 15 is 0 Å². The van der Waals surface area contributed by atoms with E-state index in [1.807, 2.05) is 4.90 Å². The zero-order valence-electron chi connectivity index (χ0n) is 8.41. The Bertz CT molecular complexity index is 526. The van der Waals surface area contributed by atoms with Crippen molar-refractivity contribution in [2.45, 2.75) is 18.9 Å². The minimum Gasteiger partial charge on any atom is -0.352 e. The molecule has 1 aliphatic heterocycles. The van der Waals surface area contributed by atoms with Crippen molar-refractivity contribution in [1.29, 1.82) is 0 Å². The predicted octanol–water partition coefficient (Wildman–Crippen LogP) is -0.575. The number of hydrogen-bond acceptors (Lipinski definition) is 4. The van der Waals surface area contributed by atoms with Crippen molar-refractivity contribution in [3.8, 4) is 0 Å². The highest BCUT2D eigenvalue weighted by molar-refractivity contribution is 5.71. The summed E-state index contributed by atoms with van der Waals surface area (Å²) < 4.78 is 1.44. The Morgan fingerprint density at radius 3 is 2.73 bits per heavy atom. The van der Waals surface area contributed by atoms with Crippen LogP contribution in [0.25, 0.3) is 0 Å². The average molecular weight is 208 g/mol. The van der Waals surface area contributed by atoms with Gasteiger partial charge in [-0.3, -0.25) is 14.3 Å². The molecule has 0 amide bonds. The molecule has 0 unspecified atom stereocenters. The minimum atomic E-state index is -0.371. The van der Waals surface area contributed by atoms with Crippen LogP contribution in [0.5, 0.6) is 0 Å². The van der Waals surface area contributed by atoms with Crippen LogP contribution in [0.15, 0.2) is 9.59 Å². The molecule has 0 atom stereocenters. The van der Waals surface area contributed by atoms with E-state index in [0.29, 0.717) is 24.2 Å². The van der Waals surface area contributed by atoms with Crippen molar-refractivity contribution in [1.82, 2.24) is 9.55 Å². The summed E-state index contributed by atoms with van der Waals surface area (Å²) in [6.45, 7) is 0.625. The van der Waals surface area contributed by atoms with Gasteiger partial charge in [-0.2, -0.15) is 0 Å². The molecular formula is C9H12N4O2. The van der Waals surface area contributed by atoms with E-state index in [9.17, 15) is 9.59 Å². The summed E-state index contributed by atoms with van der Waals surface area (Å²) in [5.74, 6) is 0.635. The van der Waals surface area contributed by atoms with Crippen LogP contribution >= 0.6 is 0 Å². The lowest BCUT2D eigenvalue weighted by Gasteiger charge is -2.15. The Balaban J connectivity index is 2.23. The summed E-state index contributed by atoms with van der Waals surface area (Å²) in [7, 11) is 1.65. The van der Waals surface area contributed by atoms with Gasteiger partial charge >= 0.3 is 5.69 Å². The third-order valence-electron chi connectivity index (χ3n) is 2.99. The van der Waals surface area contributed by atoms with Crippen molar-refractivity contribution in [2.75, 3.05) is 16.9 Å². The van der Waals surface area contributed by atoms with Crippen molar-refractivity contribution in [2.24, 2.45) is 7.05 Å². The molecule has 1 fully saturated rings. The molecule has 1 aromatic rings. The van der Waals surface area contributed by atoms with Gasteiger partial charge in [-0.1, -0.05) is 0 Å². The van der Waals surface area contributed by atoms with Gasteiger partial charge in [-0.05, 0) is 12.8 Å². The number of aromatic amines is 1. The van der Waals surface area contributed by atoms with Gasteiger partial charge in [0.1, 0.15) is 11.5 Å². The smallest absolute Gasteiger partial charge is 0.329 e. The maximum Gasteiger partial charge on any atom is 0.329 e. The summed E-state index contributed by atoms with van der Waals surface area (Å²) in [6, 6.07) is 0.470. The SMILES string of the molecule is Cn1c2c(c(=O)[nH]c1=O)N(C1CC1)CN2. The first-order valence-corrected chi connectivity index (χ1v) is 5.02. The number of fused-ring (bicyclic) bond motifs is 1.